The van der Waals surface area contributed by atoms with Crippen molar-refractivity contribution in [2.45, 2.75) is 57.9 Å². The predicted octanol–water partition coefficient (Wildman–Crippen LogP) is 4.75. The zero-order chi connectivity index (χ0) is 25.2. The Bertz CT molecular complexity index is 1170. The molecule has 1 aromatic carbocycles. The van der Waals surface area contributed by atoms with E-state index in [-0.39, 0.29) is 11.3 Å². The first-order valence-electron chi connectivity index (χ1n) is 13.2. The van der Waals surface area contributed by atoms with E-state index in [0.29, 0.717) is 23.4 Å². The molecule has 2 aliphatic heterocycles. The summed E-state index contributed by atoms with van der Waals surface area (Å²) in [6, 6.07) is 6.80. The predicted molar refractivity (Wildman–Crippen MR) is 141 cm³/mol. The zero-order valence-electron chi connectivity index (χ0n) is 21.6. The van der Waals surface area contributed by atoms with Gasteiger partial charge in [-0.1, -0.05) is 38.0 Å². The Labute approximate surface area is 214 Å². The highest BCUT2D eigenvalue weighted by atomic mass is 16.5. The highest BCUT2D eigenvalue weighted by Gasteiger charge is 2.41. The van der Waals surface area contributed by atoms with Crippen molar-refractivity contribution in [1.82, 2.24) is 14.9 Å². The maximum Gasteiger partial charge on any atom is 0.202 e. The van der Waals surface area contributed by atoms with Crippen molar-refractivity contribution in [3.05, 3.63) is 58.7 Å². The number of nitrogens with one attached hydrogen (secondary N) is 1. The average Bonchev–Trinajstić information content (AvgIpc) is 3.40. The third kappa shape index (κ3) is 5.06. The number of hydrogen-bond acceptors (Lipinski definition) is 5. The second-order valence-corrected chi connectivity index (χ2v) is 11.1. The summed E-state index contributed by atoms with van der Waals surface area (Å²) >= 11 is 0. The van der Waals surface area contributed by atoms with Crippen molar-refractivity contribution in [3.8, 4) is 12.3 Å². The van der Waals surface area contributed by atoms with Crippen LogP contribution in [0.4, 0.5) is 0 Å². The van der Waals surface area contributed by atoms with Crippen LogP contribution in [-0.4, -0.2) is 60.2 Å². The molecule has 0 atom stereocenters. The van der Waals surface area contributed by atoms with Gasteiger partial charge in [0.25, 0.3) is 0 Å². The lowest BCUT2D eigenvalue weighted by atomic mass is 9.74. The summed E-state index contributed by atoms with van der Waals surface area (Å²) in [5.74, 6) is 2.79. The second kappa shape index (κ2) is 10.3. The van der Waals surface area contributed by atoms with Crippen LogP contribution in [0.25, 0.3) is 5.57 Å². The highest BCUT2D eigenvalue weighted by molar-refractivity contribution is 5.95. The fourth-order valence-electron chi connectivity index (χ4n) is 5.92. The summed E-state index contributed by atoms with van der Waals surface area (Å²) < 4.78 is 11.5. The fourth-order valence-corrected chi connectivity index (χ4v) is 5.92. The number of H-pyrrole nitrogens is 1. The van der Waals surface area contributed by atoms with Gasteiger partial charge in [-0.3, -0.25) is 9.69 Å². The molecule has 1 aliphatic carbocycles. The van der Waals surface area contributed by atoms with Gasteiger partial charge in [0.2, 0.25) is 5.78 Å². The number of terminal acetylenes is 1. The third-order valence-corrected chi connectivity index (χ3v) is 8.25. The number of aromatic amines is 1. The molecule has 2 fully saturated rings. The number of Topliss-reactive ketones (excluding diaryl/α,β-unsaturated/α-hetero) is 1. The summed E-state index contributed by atoms with van der Waals surface area (Å²) in [5.41, 5.74) is 5.72. The van der Waals surface area contributed by atoms with E-state index in [1.165, 1.54) is 16.7 Å². The Kier molecular flexibility index (Phi) is 7.16. The molecule has 6 nitrogen and oxygen atoms in total. The van der Waals surface area contributed by atoms with Crippen LogP contribution in [0.15, 0.2) is 30.5 Å². The van der Waals surface area contributed by atoms with Crippen molar-refractivity contribution in [2.24, 2.45) is 5.41 Å². The van der Waals surface area contributed by atoms with Gasteiger partial charge in [0.15, 0.2) is 5.82 Å². The van der Waals surface area contributed by atoms with Gasteiger partial charge in [0.05, 0.1) is 24.9 Å². The number of nitrogens with zero attached hydrogens (tertiary/aromatic N) is 2. The molecule has 0 saturated carbocycles. The molecule has 0 bridgehead atoms. The van der Waals surface area contributed by atoms with Crippen LogP contribution >= 0.6 is 0 Å². The largest absolute Gasteiger partial charge is 0.381 e. The van der Waals surface area contributed by atoms with Crippen LogP contribution in [0, 0.1) is 17.8 Å². The Morgan fingerprint density at radius 3 is 2.56 bits per heavy atom. The van der Waals surface area contributed by atoms with Crippen LogP contribution in [0.3, 0.4) is 0 Å². The summed E-state index contributed by atoms with van der Waals surface area (Å²) in [5, 5.41) is 0. The summed E-state index contributed by atoms with van der Waals surface area (Å²) in [6.45, 7) is 9.59. The Hall–Kier alpha value is -2.72. The van der Waals surface area contributed by atoms with E-state index < -0.39 is 0 Å². The lowest BCUT2D eigenvalue weighted by molar-refractivity contribution is -0.0746. The molecule has 1 aromatic heterocycles. The number of benzene rings is 1. The Balaban J connectivity index is 1.53. The van der Waals surface area contributed by atoms with Crippen molar-refractivity contribution >= 4 is 11.4 Å². The summed E-state index contributed by atoms with van der Waals surface area (Å²) in [7, 11) is 0. The van der Waals surface area contributed by atoms with E-state index in [4.69, 9.17) is 15.9 Å². The maximum absolute atomic E-state index is 13.2. The second-order valence-electron chi connectivity index (χ2n) is 11.1. The molecule has 2 saturated heterocycles. The van der Waals surface area contributed by atoms with Crippen LogP contribution in [-0.2, 0) is 21.4 Å². The number of morpholine rings is 1. The number of rotatable bonds is 6. The van der Waals surface area contributed by atoms with E-state index >= 15 is 0 Å². The van der Waals surface area contributed by atoms with Gasteiger partial charge in [-0.25, -0.2) is 4.98 Å². The lowest BCUT2D eigenvalue weighted by Gasteiger charge is -2.48. The van der Waals surface area contributed by atoms with Gasteiger partial charge in [-0.05, 0) is 65.8 Å². The number of hydrogen-bond donors (Lipinski definition) is 1. The van der Waals surface area contributed by atoms with Crippen LogP contribution in [0.1, 0.15) is 79.0 Å². The molecular formula is C30H37N3O3. The van der Waals surface area contributed by atoms with E-state index in [0.717, 1.165) is 77.2 Å². The van der Waals surface area contributed by atoms with Crippen molar-refractivity contribution in [3.63, 3.8) is 0 Å². The molecule has 0 amide bonds. The zero-order valence-corrected chi connectivity index (χ0v) is 21.6. The van der Waals surface area contributed by atoms with E-state index in [2.05, 4.69) is 58.9 Å². The monoisotopic (exact) mass is 487 g/mol. The lowest BCUT2D eigenvalue weighted by Crippen LogP contribution is -2.54. The number of carbonyl (C=O) groups excluding carboxylic acids is 1. The molecule has 190 valence electrons. The number of aromatic nitrogens is 2. The summed E-state index contributed by atoms with van der Waals surface area (Å²) in [6.07, 6.45) is 14.8. The van der Waals surface area contributed by atoms with Crippen LogP contribution in [0.2, 0.25) is 0 Å². The van der Waals surface area contributed by atoms with Gasteiger partial charge >= 0.3 is 0 Å². The highest BCUT2D eigenvalue weighted by Crippen LogP contribution is 2.43. The molecule has 6 heteroatoms. The Morgan fingerprint density at radius 1 is 1.14 bits per heavy atom. The smallest absolute Gasteiger partial charge is 0.202 e. The maximum atomic E-state index is 13.2. The Morgan fingerprint density at radius 2 is 1.89 bits per heavy atom. The summed E-state index contributed by atoms with van der Waals surface area (Å²) in [4.78, 5) is 22.9. The number of allylic oxidation sites excluding steroid dienone is 2. The van der Waals surface area contributed by atoms with Crippen molar-refractivity contribution < 1.29 is 14.3 Å². The van der Waals surface area contributed by atoms with Gasteiger partial charge in [-0.15, -0.1) is 6.42 Å². The van der Waals surface area contributed by atoms with Crippen LogP contribution < -0.4 is 0 Å². The minimum Gasteiger partial charge on any atom is -0.381 e. The van der Waals surface area contributed by atoms with Gasteiger partial charge in [0, 0.05) is 32.7 Å². The number of ketones is 1. The van der Waals surface area contributed by atoms with Gasteiger partial charge in [-0.2, -0.15) is 0 Å². The first-order valence-corrected chi connectivity index (χ1v) is 13.2. The molecule has 0 unspecified atom stereocenters. The van der Waals surface area contributed by atoms with E-state index in [1.807, 2.05) is 0 Å². The molecule has 36 heavy (non-hydrogen) atoms. The topological polar surface area (TPSA) is 67.5 Å². The van der Waals surface area contributed by atoms with Crippen molar-refractivity contribution in [1.29, 1.82) is 0 Å². The molecule has 2 aromatic rings. The molecule has 3 aliphatic rings. The molecule has 0 spiro atoms. The van der Waals surface area contributed by atoms with Crippen LogP contribution in [0.5, 0.6) is 0 Å². The molecule has 3 heterocycles. The van der Waals surface area contributed by atoms with Gasteiger partial charge in [0.1, 0.15) is 5.69 Å². The van der Waals surface area contributed by atoms with Gasteiger partial charge < -0.3 is 14.5 Å². The normalized spacial score (nSPS) is 22.0. The minimum absolute atomic E-state index is 0.0452. The van der Waals surface area contributed by atoms with Crippen molar-refractivity contribution in [2.75, 3.05) is 39.5 Å². The fraction of sp³-hybridized carbons (Fsp3) is 0.533. The molecule has 5 rings (SSSR count). The number of carbonyl (C=O) groups is 1. The number of ether oxygens (including phenoxy) is 2. The third-order valence-electron chi connectivity index (χ3n) is 8.25. The first-order chi connectivity index (χ1) is 17.4. The number of imidazole rings is 1. The molecular weight excluding hydrogens is 450 g/mol. The molecule has 1 N–H and O–H groups in total. The first kappa shape index (κ1) is 25.0. The standard InChI is InChI=1S/C30H37N3O3/c1-4-25-21-31-28(32-25)27(34)19-23-5-6-24(20-26(23)22-7-9-29(2,3)10-8-22)30(11-15-35-16-12-30)33-13-17-36-18-14-33/h1,5-7,20-21H,8-19H2,2-3H3,(H,31,32). The average molecular weight is 488 g/mol. The molecule has 0 radical (unpaired) electrons. The van der Waals surface area contributed by atoms with E-state index in [1.54, 1.807) is 6.20 Å². The SMILES string of the molecule is C#Cc1cnc(C(=O)Cc2ccc(C3(N4CCOCC4)CCOCC3)cc2C2=CCC(C)(C)CC2)[nH]1. The minimum atomic E-state index is -0.0590. The van der Waals surface area contributed by atoms with E-state index in [9.17, 15) is 4.79 Å². The quantitative estimate of drug-likeness (QED) is 0.471.